The van der Waals surface area contributed by atoms with Gasteiger partial charge in [-0.2, -0.15) is 0 Å². The number of anilines is 2. The predicted octanol–water partition coefficient (Wildman–Crippen LogP) is 2.17. The first-order valence-corrected chi connectivity index (χ1v) is 7.49. The molecule has 0 fully saturated rings. The molecule has 0 bridgehead atoms. The van der Waals surface area contributed by atoms with Crippen molar-refractivity contribution in [2.45, 2.75) is 13.3 Å². The van der Waals surface area contributed by atoms with Crippen molar-refractivity contribution in [2.75, 3.05) is 18.0 Å². The third-order valence-corrected chi connectivity index (χ3v) is 4.00. The molecule has 0 aliphatic heterocycles. The SMILES string of the molecule is Cc1ccccc1N(CCCN)c1nc[nH]c(=O)c1I. The highest BCUT2D eigenvalue weighted by Gasteiger charge is 2.16. The number of aryl methyl sites for hydroxylation is 1. The Bertz CT molecular complexity index is 641. The number of para-hydroxylation sites is 1. The fraction of sp³-hybridized carbons (Fsp3) is 0.286. The van der Waals surface area contributed by atoms with Crippen molar-refractivity contribution in [3.8, 4) is 0 Å². The van der Waals surface area contributed by atoms with Gasteiger partial charge in [-0.1, -0.05) is 18.2 Å². The summed E-state index contributed by atoms with van der Waals surface area (Å²) in [6, 6.07) is 8.06. The molecule has 6 heteroatoms. The Morgan fingerprint density at radius 2 is 2.15 bits per heavy atom. The number of nitrogens with two attached hydrogens (primary N) is 1. The van der Waals surface area contributed by atoms with Crippen LogP contribution in [0.3, 0.4) is 0 Å². The molecule has 106 valence electrons. The van der Waals surface area contributed by atoms with Crippen LogP contribution >= 0.6 is 22.6 Å². The lowest BCUT2D eigenvalue weighted by atomic mass is 10.1. The number of hydrogen-bond acceptors (Lipinski definition) is 4. The van der Waals surface area contributed by atoms with E-state index >= 15 is 0 Å². The van der Waals surface area contributed by atoms with Crippen molar-refractivity contribution in [2.24, 2.45) is 5.73 Å². The van der Waals surface area contributed by atoms with Gasteiger partial charge in [0.2, 0.25) is 0 Å². The molecule has 2 rings (SSSR count). The number of nitrogens with zero attached hydrogens (tertiary/aromatic N) is 2. The molecule has 3 N–H and O–H groups in total. The molecule has 20 heavy (non-hydrogen) atoms. The Kier molecular flexibility index (Phi) is 5.13. The molecular formula is C14H17IN4O. The summed E-state index contributed by atoms with van der Waals surface area (Å²) in [4.78, 5) is 20.8. The summed E-state index contributed by atoms with van der Waals surface area (Å²) < 4.78 is 0.588. The van der Waals surface area contributed by atoms with E-state index in [1.165, 1.54) is 6.33 Å². The summed E-state index contributed by atoms with van der Waals surface area (Å²) in [5.74, 6) is 0.678. The molecule has 0 radical (unpaired) electrons. The van der Waals surface area contributed by atoms with Crippen molar-refractivity contribution in [3.05, 3.63) is 50.1 Å². The topological polar surface area (TPSA) is 75.0 Å². The number of aromatic nitrogens is 2. The van der Waals surface area contributed by atoms with E-state index in [0.29, 0.717) is 15.9 Å². The predicted molar refractivity (Wildman–Crippen MR) is 89.4 cm³/mol. The van der Waals surface area contributed by atoms with Gasteiger partial charge in [0.25, 0.3) is 5.56 Å². The van der Waals surface area contributed by atoms with E-state index in [1.807, 2.05) is 53.8 Å². The van der Waals surface area contributed by atoms with Crippen molar-refractivity contribution in [3.63, 3.8) is 0 Å². The smallest absolute Gasteiger partial charge is 0.266 e. The monoisotopic (exact) mass is 384 g/mol. The fourth-order valence-corrected chi connectivity index (χ4v) is 2.60. The molecule has 0 saturated heterocycles. The van der Waals surface area contributed by atoms with Gasteiger partial charge in [0.05, 0.1) is 6.33 Å². The fourth-order valence-electron chi connectivity index (χ4n) is 2.02. The summed E-state index contributed by atoms with van der Waals surface area (Å²) in [6.07, 6.45) is 2.27. The van der Waals surface area contributed by atoms with Crippen molar-refractivity contribution in [1.29, 1.82) is 0 Å². The Morgan fingerprint density at radius 3 is 2.85 bits per heavy atom. The van der Waals surface area contributed by atoms with Gasteiger partial charge in [-0.3, -0.25) is 4.79 Å². The summed E-state index contributed by atoms with van der Waals surface area (Å²) in [7, 11) is 0. The molecule has 2 aromatic rings. The van der Waals surface area contributed by atoms with Gasteiger partial charge in [0.15, 0.2) is 5.82 Å². The molecule has 0 saturated carbocycles. The number of H-pyrrole nitrogens is 1. The van der Waals surface area contributed by atoms with E-state index in [4.69, 9.17) is 5.73 Å². The minimum Gasteiger partial charge on any atom is -0.330 e. The Labute approximate surface area is 131 Å². The number of aromatic amines is 1. The first-order chi connectivity index (χ1) is 9.65. The summed E-state index contributed by atoms with van der Waals surface area (Å²) in [5, 5.41) is 0. The first kappa shape index (κ1) is 15.0. The highest BCUT2D eigenvalue weighted by atomic mass is 127. The maximum absolute atomic E-state index is 11.8. The van der Waals surface area contributed by atoms with Crippen LogP contribution in [0.5, 0.6) is 0 Å². The lowest BCUT2D eigenvalue weighted by Gasteiger charge is -2.25. The van der Waals surface area contributed by atoms with Gasteiger partial charge in [0.1, 0.15) is 3.57 Å². The van der Waals surface area contributed by atoms with Crippen LogP contribution in [-0.4, -0.2) is 23.1 Å². The molecular weight excluding hydrogens is 367 g/mol. The number of hydrogen-bond donors (Lipinski definition) is 2. The third kappa shape index (κ3) is 3.18. The average Bonchev–Trinajstić information content (AvgIpc) is 2.45. The zero-order chi connectivity index (χ0) is 14.5. The number of nitrogens with one attached hydrogen (secondary N) is 1. The zero-order valence-electron chi connectivity index (χ0n) is 11.3. The number of benzene rings is 1. The van der Waals surface area contributed by atoms with E-state index in [2.05, 4.69) is 14.9 Å². The Balaban J connectivity index is 2.50. The molecule has 0 aliphatic carbocycles. The molecule has 1 aromatic heterocycles. The highest BCUT2D eigenvalue weighted by Crippen LogP contribution is 2.28. The summed E-state index contributed by atoms with van der Waals surface area (Å²) in [6.45, 7) is 3.38. The van der Waals surface area contributed by atoms with Crippen molar-refractivity contribution >= 4 is 34.1 Å². The summed E-state index contributed by atoms with van der Waals surface area (Å²) in [5.41, 5.74) is 7.69. The average molecular weight is 384 g/mol. The van der Waals surface area contributed by atoms with Crippen LogP contribution in [0.15, 0.2) is 35.4 Å². The molecule has 5 nitrogen and oxygen atoms in total. The van der Waals surface area contributed by atoms with E-state index in [1.54, 1.807) is 0 Å². The van der Waals surface area contributed by atoms with E-state index in [0.717, 1.165) is 24.2 Å². The van der Waals surface area contributed by atoms with Crippen LogP contribution in [0.2, 0.25) is 0 Å². The largest absolute Gasteiger partial charge is 0.330 e. The minimum atomic E-state index is -0.123. The van der Waals surface area contributed by atoms with Gasteiger partial charge < -0.3 is 15.6 Å². The standard InChI is InChI=1S/C14H17IN4O/c1-10-5-2-3-6-11(10)19(8-4-7-16)13-12(15)14(20)18-9-17-13/h2-3,5-6,9H,4,7-8,16H2,1H3,(H,17,18,20). The first-order valence-electron chi connectivity index (χ1n) is 6.41. The Morgan fingerprint density at radius 1 is 1.40 bits per heavy atom. The third-order valence-electron chi connectivity index (χ3n) is 3.03. The van der Waals surface area contributed by atoms with Gasteiger partial charge in [-0.05, 0) is 54.1 Å². The zero-order valence-corrected chi connectivity index (χ0v) is 13.4. The van der Waals surface area contributed by atoms with Gasteiger partial charge >= 0.3 is 0 Å². The molecule has 0 unspecified atom stereocenters. The second kappa shape index (κ2) is 6.85. The van der Waals surface area contributed by atoms with Crippen LogP contribution in [0.4, 0.5) is 11.5 Å². The van der Waals surface area contributed by atoms with Crippen molar-refractivity contribution < 1.29 is 0 Å². The lowest BCUT2D eigenvalue weighted by Crippen LogP contribution is -2.26. The molecule has 1 heterocycles. The Hall–Kier alpha value is -1.41. The lowest BCUT2D eigenvalue weighted by molar-refractivity contribution is 0.803. The van der Waals surface area contributed by atoms with E-state index in [-0.39, 0.29) is 5.56 Å². The van der Waals surface area contributed by atoms with Gasteiger partial charge in [-0.25, -0.2) is 4.98 Å². The van der Waals surface area contributed by atoms with Crippen LogP contribution in [0.1, 0.15) is 12.0 Å². The summed E-state index contributed by atoms with van der Waals surface area (Å²) >= 11 is 2.03. The molecule has 1 aromatic carbocycles. The molecule has 0 spiro atoms. The number of rotatable bonds is 5. The van der Waals surface area contributed by atoms with E-state index in [9.17, 15) is 4.79 Å². The normalized spacial score (nSPS) is 10.6. The van der Waals surface area contributed by atoms with Gasteiger partial charge in [0, 0.05) is 12.2 Å². The quantitative estimate of drug-likeness (QED) is 0.775. The maximum Gasteiger partial charge on any atom is 0.266 e. The van der Waals surface area contributed by atoms with E-state index < -0.39 is 0 Å². The molecule has 0 amide bonds. The van der Waals surface area contributed by atoms with Crippen molar-refractivity contribution in [1.82, 2.24) is 9.97 Å². The molecule has 0 atom stereocenters. The van der Waals surface area contributed by atoms with Crippen LogP contribution < -0.4 is 16.2 Å². The molecule has 0 aliphatic rings. The maximum atomic E-state index is 11.8. The highest BCUT2D eigenvalue weighted by molar-refractivity contribution is 14.1. The second-order valence-electron chi connectivity index (χ2n) is 4.45. The van der Waals surface area contributed by atoms with Crippen LogP contribution in [-0.2, 0) is 0 Å². The van der Waals surface area contributed by atoms with Gasteiger partial charge in [-0.15, -0.1) is 0 Å². The second-order valence-corrected chi connectivity index (χ2v) is 5.53. The van der Waals surface area contributed by atoms with Crippen LogP contribution in [0, 0.1) is 10.5 Å². The van der Waals surface area contributed by atoms with Crippen LogP contribution in [0.25, 0.3) is 0 Å². The number of halogens is 1. The minimum absolute atomic E-state index is 0.123.